The molecule has 1 fully saturated rings. The van der Waals surface area contributed by atoms with Gasteiger partial charge in [0.25, 0.3) is 0 Å². The monoisotopic (exact) mass is 267 g/mol. The minimum Gasteiger partial charge on any atom is -0.302 e. The van der Waals surface area contributed by atoms with Crippen molar-refractivity contribution in [3.63, 3.8) is 0 Å². The van der Waals surface area contributed by atoms with Crippen molar-refractivity contribution < 1.29 is 0 Å². The lowest BCUT2D eigenvalue weighted by Crippen LogP contribution is -2.27. The molecule has 3 rings (SSSR count). The van der Waals surface area contributed by atoms with Gasteiger partial charge in [0.1, 0.15) is 0 Å². The van der Waals surface area contributed by atoms with Crippen LogP contribution in [0.1, 0.15) is 48.8 Å². The lowest BCUT2D eigenvalue weighted by atomic mass is 10.0. The number of hydrogen-bond acceptors (Lipinski definition) is 3. The van der Waals surface area contributed by atoms with Crippen LogP contribution in [-0.2, 0) is 0 Å². The van der Waals surface area contributed by atoms with Crippen molar-refractivity contribution in [1.82, 2.24) is 15.3 Å². The third-order valence-electron chi connectivity index (χ3n) is 4.01. The van der Waals surface area contributed by atoms with Gasteiger partial charge in [0.2, 0.25) is 0 Å². The largest absolute Gasteiger partial charge is 0.302 e. The van der Waals surface area contributed by atoms with E-state index in [4.69, 9.17) is 0 Å². The first-order valence-electron chi connectivity index (χ1n) is 7.34. The molecule has 1 aliphatic rings. The highest BCUT2D eigenvalue weighted by Crippen LogP contribution is 2.42. The van der Waals surface area contributed by atoms with Crippen LogP contribution < -0.4 is 5.32 Å². The first-order valence-corrected chi connectivity index (χ1v) is 7.34. The van der Waals surface area contributed by atoms with Gasteiger partial charge >= 0.3 is 0 Å². The zero-order valence-electron chi connectivity index (χ0n) is 12.1. The SMILES string of the molecule is Cc1nccnc1C(C)NC(c1ccccc1)C1CC1. The van der Waals surface area contributed by atoms with Crippen molar-refractivity contribution in [2.75, 3.05) is 0 Å². The van der Waals surface area contributed by atoms with Crippen molar-refractivity contribution in [2.24, 2.45) is 5.92 Å². The third-order valence-corrected chi connectivity index (χ3v) is 4.01. The van der Waals surface area contributed by atoms with E-state index in [1.807, 2.05) is 6.92 Å². The van der Waals surface area contributed by atoms with Crippen LogP contribution in [0, 0.1) is 12.8 Å². The Labute approximate surface area is 120 Å². The van der Waals surface area contributed by atoms with Crippen LogP contribution in [0.3, 0.4) is 0 Å². The second-order valence-electron chi connectivity index (χ2n) is 5.64. The van der Waals surface area contributed by atoms with E-state index in [1.165, 1.54) is 18.4 Å². The van der Waals surface area contributed by atoms with E-state index in [9.17, 15) is 0 Å². The summed E-state index contributed by atoms with van der Waals surface area (Å²) in [6.07, 6.45) is 6.16. The van der Waals surface area contributed by atoms with Gasteiger partial charge < -0.3 is 5.32 Å². The minimum atomic E-state index is 0.217. The molecule has 1 aliphatic carbocycles. The summed E-state index contributed by atoms with van der Waals surface area (Å²) in [7, 11) is 0. The molecule has 1 saturated carbocycles. The van der Waals surface area contributed by atoms with Gasteiger partial charge in [0.05, 0.1) is 11.4 Å². The van der Waals surface area contributed by atoms with Gasteiger partial charge in [-0.2, -0.15) is 0 Å². The van der Waals surface area contributed by atoms with Crippen LogP contribution >= 0.6 is 0 Å². The van der Waals surface area contributed by atoms with Crippen LogP contribution in [0.25, 0.3) is 0 Å². The zero-order valence-corrected chi connectivity index (χ0v) is 12.1. The van der Waals surface area contributed by atoms with E-state index in [-0.39, 0.29) is 6.04 Å². The number of nitrogens with zero attached hydrogens (tertiary/aromatic N) is 2. The molecule has 104 valence electrons. The maximum atomic E-state index is 4.48. The molecule has 0 aliphatic heterocycles. The normalized spacial score (nSPS) is 17.7. The van der Waals surface area contributed by atoms with Gasteiger partial charge in [0, 0.05) is 24.5 Å². The highest BCUT2D eigenvalue weighted by molar-refractivity contribution is 5.22. The lowest BCUT2D eigenvalue weighted by molar-refractivity contribution is 0.420. The summed E-state index contributed by atoms with van der Waals surface area (Å²) in [6, 6.07) is 11.4. The van der Waals surface area contributed by atoms with Gasteiger partial charge in [-0.1, -0.05) is 30.3 Å². The maximum absolute atomic E-state index is 4.48. The first-order chi connectivity index (χ1) is 9.75. The molecule has 2 atom stereocenters. The summed E-state index contributed by atoms with van der Waals surface area (Å²) >= 11 is 0. The van der Waals surface area contributed by atoms with E-state index in [2.05, 4.69) is 52.5 Å². The number of nitrogens with one attached hydrogen (secondary N) is 1. The molecule has 0 bridgehead atoms. The smallest absolute Gasteiger partial charge is 0.0782 e. The molecule has 0 saturated heterocycles. The van der Waals surface area contributed by atoms with Gasteiger partial charge in [0.15, 0.2) is 0 Å². The second kappa shape index (κ2) is 5.71. The van der Waals surface area contributed by atoms with Crippen LogP contribution in [-0.4, -0.2) is 9.97 Å². The van der Waals surface area contributed by atoms with E-state index >= 15 is 0 Å². The molecule has 1 aromatic heterocycles. The Morgan fingerprint density at radius 1 is 1.10 bits per heavy atom. The molecule has 20 heavy (non-hydrogen) atoms. The summed E-state index contributed by atoms with van der Waals surface area (Å²) in [5.41, 5.74) is 3.44. The Morgan fingerprint density at radius 3 is 2.45 bits per heavy atom. The van der Waals surface area contributed by atoms with E-state index < -0.39 is 0 Å². The van der Waals surface area contributed by atoms with Crippen molar-refractivity contribution in [2.45, 2.75) is 38.8 Å². The molecule has 0 radical (unpaired) electrons. The molecular formula is C17H21N3. The van der Waals surface area contributed by atoms with Crippen molar-refractivity contribution in [3.05, 3.63) is 59.7 Å². The zero-order chi connectivity index (χ0) is 13.9. The van der Waals surface area contributed by atoms with Crippen molar-refractivity contribution in [1.29, 1.82) is 0 Å². The molecule has 2 aromatic rings. The number of rotatable bonds is 5. The third kappa shape index (κ3) is 2.88. The summed E-state index contributed by atoms with van der Waals surface area (Å²) < 4.78 is 0. The van der Waals surface area contributed by atoms with E-state index in [0.717, 1.165) is 17.3 Å². The van der Waals surface area contributed by atoms with Gasteiger partial charge in [-0.3, -0.25) is 9.97 Å². The second-order valence-corrected chi connectivity index (χ2v) is 5.64. The van der Waals surface area contributed by atoms with E-state index in [1.54, 1.807) is 12.4 Å². The molecule has 1 N–H and O–H groups in total. The highest BCUT2D eigenvalue weighted by atomic mass is 15.0. The van der Waals surface area contributed by atoms with Crippen LogP contribution in [0.15, 0.2) is 42.7 Å². The number of hydrogen-bond donors (Lipinski definition) is 1. The molecule has 1 aromatic carbocycles. The van der Waals surface area contributed by atoms with Gasteiger partial charge in [-0.25, -0.2) is 0 Å². The van der Waals surface area contributed by atoms with Gasteiger partial charge in [-0.15, -0.1) is 0 Å². The number of aryl methyl sites for hydroxylation is 1. The predicted molar refractivity (Wildman–Crippen MR) is 80.2 cm³/mol. The predicted octanol–water partition coefficient (Wildman–Crippen LogP) is 3.59. The average molecular weight is 267 g/mol. The first kappa shape index (κ1) is 13.3. The van der Waals surface area contributed by atoms with Crippen LogP contribution in [0.4, 0.5) is 0 Å². The van der Waals surface area contributed by atoms with Crippen molar-refractivity contribution >= 4 is 0 Å². The maximum Gasteiger partial charge on any atom is 0.0782 e. The number of benzene rings is 1. The molecule has 0 spiro atoms. The Kier molecular flexibility index (Phi) is 3.79. The Hall–Kier alpha value is -1.74. The number of aromatic nitrogens is 2. The average Bonchev–Trinajstić information content (AvgIpc) is 3.30. The van der Waals surface area contributed by atoms with Crippen LogP contribution in [0.5, 0.6) is 0 Å². The molecule has 1 heterocycles. The molecule has 2 unspecified atom stereocenters. The summed E-state index contributed by atoms with van der Waals surface area (Å²) in [5.74, 6) is 0.761. The van der Waals surface area contributed by atoms with Crippen molar-refractivity contribution in [3.8, 4) is 0 Å². The minimum absolute atomic E-state index is 0.217. The molecule has 0 amide bonds. The Bertz CT molecular complexity index is 563. The fourth-order valence-electron chi connectivity index (χ4n) is 2.79. The summed E-state index contributed by atoms with van der Waals surface area (Å²) in [6.45, 7) is 4.20. The molecule has 3 heteroatoms. The Morgan fingerprint density at radius 2 is 1.80 bits per heavy atom. The summed E-state index contributed by atoms with van der Waals surface area (Å²) in [4.78, 5) is 8.82. The summed E-state index contributed by atoms with van der Waals surface area (Å²) in [5, 5.41) is 3.75. The lowest BCUT2D eigenvalue weighted by Gasteiger charge is -2.24. The molecule has 3 nitrogen and oxygen atoms in total. The Balaban J connectivity index is 1.79. The topological polar surface area (TPSA) is 37.8 Å². The quantitative estimate of drug-likeness (QED) is 0.899. The molecular weight excluding hydrogens is 246 g/mol. The fraction of sp³-hybridized carbons (Fsp3) is 0.412. The highest BCUT2D eigenvalue weighted by Gasteiger charge is 2.33. The standard InChI is InChI=1S/C17H21N3/c1-12-16(19-11-10-18-12)13(2)20-17(15-8-9-15)14-6-4-3-5-7-14/h3-7,10-11,13,15,17,20H,8-9H2,1-2H3. The van der Waals surface area contributed by atoms with Gasteiger partial charge in [-0.05, 0) is 38.2 Å². The fourth-order valence-corrected chi connectivity index (χ4v) is 2.79. The van der Waals surface area contributed by atoms with E-state index in [0.29, 0.717) is 6.04 Å². The van der Waals surface area contributed by atoms with Crippen LogP contribution in [0.2, 0.25) is 0 Å².